The zero-order valence-electron chi connectivity index (χ0n) is 14.0. The molecule has 0 unspecified atom stereocenters. The van der Waals surface area contributed by atoms with E-state index in [1.54, 1.807) is 6.20 Å². The lowest BCUT2D eigenvalue weighted by atomic mass is 10.1. The average molecular weight is 319 g/mol. The Labute approximate surface area is 141 Å². The summed E-state index contributed by atoms with van der Waals surface area (Å²) in [6, 6.07) is 15.9. The fourth-order valence-electron chi connectivity index (χ4n) is 2.81. The number of hydrogen-bond donors (Lipinski definition) is 2. The first-order valence-electron chi connectivity index (χ1n) is 8.15. The van der Waals surface area contributed by atoms with Gasteiger partial charge in [0.25, 0.3) is 0 Å². The van der Waals surface area contributed by atoms with Gasteiger partial charge in [0.05, 0.1) is 17.7 Å². The largest absolute Gasteiger partial charge is 0.374 e. The van der Waals surface area contributed by atoms with Crippen LogP contribution in [0.3, 0.4) is 0 Å². The number of para-hydroxylation sites is 2. The van der Waals surface area contributed by atoms with Gasteiger partial charge in [-0.25, -0.2) is 0 Å². The number of rotatable bonds is 5. The van der Waals surface area contributed by atoms with E-state index in [2.05, 4.69) is 22.5 Å². The highest BCUT2D eigenvalue weighted by molar-refractivity contribution is 5.97. The Kier molecular flexibility index (Phi) is 4.75. The van der Waals surface area contributed by atoms with Crippen molar-refractivity contribution in [3.63, 3.8) is 0 Å². The Morgan fingerprint density at radius 3 is 2.71 bits per heavy atom. The first-order valence-corrected chi connectivity index (χ1v) is 8.15. The summed E-state index contributed by atoms with van der Waals surface area (Å²) >= 11 is 0. The molecule has 0 aliphatic rings. The maximum atomic E-state index is 12.3. The van der Waals surface area contributed by atoms with Crippen LogP contribution in [-0.4, -0.2) is 17.4 Å². The van der Waals surface area contributed by atoms with Gasteiger partial charge in [0.15, 0.2) is 0 Å². The Balaban J connectivity index is 1.72. The van der Waals surface area contributed by atoms with Crippen molar-refractivity contribution in [2.75, 3.05) is 17.2 Å². The molecular formula is C20H21N3O. The van der Waals surface area contributed by atoms with Crippen LogP contribution in [0.5, 0.6) is 0 Å². The lowest BCUT2D eigenvalue weighted by molar-refractivity contribution is -0.114. The molecule has 2 aromatic carbocycles. The summed E-state index contributed by atoms with van der Waals surface area (Å²) in [4.78, 5) is 16.7. The van der Waals surface area contributed by atoms with Crippen molar-refractivity contribution in [2.45, 2.75) is 20.3 Å². The molecule has 3 rings (SSSR count). The molecule has 0 saturated heterocycles. The van der Waals surface area contributed by atoms with Crippen LogP contribution in [0.15, 0.2) is 54.7 Å². The maximum absolute atomic E-state index is 12.3. The standard InChI is InChI=1S/C20H21N3O/c1-3-15-8-4-7-14(2)19(15)23-18(24)13-22-17-11-5-9-16-10-6-12-21-20(16)17/h4-12,22H,3,13H2,1-2H3,(H,23,24). The molecule has 0 atom stereocenters. The van der Waals surface area contributed by atoms with Crippen LogP contribution in [0.2, 0.25) is 0 Å². The van der Waals surface area contributed by atoms with E-state index in [-0.39, 0.29) is 12.5 Å². The molecule has 0 spiro atoms. The molecule has 4 nitrogen and oxygen atoms in total. The molecule has 0 bridgehead atoms. The van der Waals surface area contributed by atoms with Gasteiger partial charge in [-0.2, -0.15) is 0 Å². The number of pyridine rings is 1. The Hall–Kier alpha value is -2.88. The van der Waals surface area contributed by atoms with Gasteiger partial charge in [-0.3, -0.25) is 9.78 Å². The summed E-state index contributed by atoms with van der Waals surface area (Å²) < 4.78 is 0. The minimum atomic E-state index is -0.0630. The van der Waals surface area contributed by atoms with Gasteiger partial charge in [0.1, 0.15) is 0 Å². The number of nitrogens with zero attached hydrogens (tertiary/aromatic N) is 1. The van der Waals surface area contributed by atoms with E-state index < -0.39 is 0 Å². The Morgan fingerprint density at radius 2 is 1.88 bits per heavy atom. The quantitative estimate of drug-likeness (QED) is 0.742. The van der Waals surface area contributed by atoms with Crippen molar-refractivity contribution >= 4 is 28.2 Å². The minimum absolute atomic E-state index is 0.0630. The number of aromatic nitrogens is 1. The maximum Gasteiger partial charge on any atom is 0.243 e. The SMILES string of the molecule is CCc1cccc(C)c1NC(=O)CNc1cccc2cccnc12. The Morgan fingerprint density at radius 1 is 1.08 bits per heavy atom. The smallest absolute Gasteiger partial charge is 0.243 e. The van der Waals surface area contributed by atoms with E-state index >= 15 is 0 Å². The molecule has 24 heavy (non-hydrogen) atoms. The number of amides is 1. The van der Waals surface area contributed by atoms with Crippen LogP contribution in [0.25, 0.3) is 10.9 Å². The number of hydrogen-bond acceptors (Lipinski definition) is 3. The van der Waals surface area contributed by atoms with Crippen LogP contribution >= 0.6 is 0 Å². The molecule has 0 radical (unpaired) electrons. The highest BCUT2D eigenvalue weighted by atomic mass is 16.1. The van der Waals surface area contributed by atoms with Crippen LogP contribution in [0.4, 0.5) is 11.4 Å². The highest BCUT2D eigenvalue weighted by Crippen LogP contribution is 2.22. The predicted molar refractivity (Wildman–Crippen MR) is 99.4 cm³/mol. The monoisotopic (exact) mass is 319 g/mol. The first-order chi connectivity index (χ1) is 11.7. The lowest BCUT2D eigenvalue weighted by Crippen LogP contribution is -2.23. The Bertz CT molecular complexity index is 868. The topological polar surface area (TPSA) is 54.0 Å². The van der Waals surface area contributed by atoms with Gasteiger partial charge in [-0.05, 0) is 36.6 Å². The number of nitrogens with one attached hydrogen (secondary N) is 2. The third-order valence-electron chi connectivity index (χ3n) is 4.08. The van der Waals surface area contributed by atoms with Gasteiger partial charge in [-0.1, -0.05) is 43.3 Å². The van der Waals surface area contributed by atoms with E-state index in [9.17, 15) is 4.79 Å². The van der Waals surface area contributed by atoms with Crippen molar-refractivity contribution in [3.8, 4) is 0 Å². The van der Waals surface area contributed by atoms with Crippen LogP contribution in [-0.2, 0) is 11.2 Å². The van der Waals surface area contributed by atoms with Gasteiger partial charge < -0.3 is 10.6 Å². The van der Waals surface area contributed by atoms with Gasteiger partial charge in [0.2, 0.25) is 5.91 Å². The van der Waals surface area contributed by atoms with E-state index in [0.29, 0.717) is 0 Å². The van der Waals surface area contributed by atoms with Gasteiger partial charge in [0, 0.05) is 17.3 Å². The molecule has 4 heteroatoms. The van der Waals surface area contributed by atoms with Crippen LogP contribution < -0.4 is 10.6 Å². The average Bonchev–Trinajstić information content (AvgIpc) is 2.61. The van der Waals surface area contributed by atoms with E-state index in [4.69, 9.17) is 0 Å². The van der Waals surface area contributed by atoms with Crippen molar-refractivity contribution in [1.29, 1.82) is 0 Å². The molecule has 1 amide bonds. The molecule has 1 aromatic heterocycles. The van der Waals surface area contributed by atoms with E-state index in [1.165, 1.54) is 0 Å². The highest BCUT2D eigenvalue weighted by Gasteiger charge is 2.09. The number of benzene rings is 2. The zero-order valence-corrected chi connectivity index (χ0v) is 14.0. The van der Waals surface area contributed by atoms with E-state index in [0.717, 1.165) is 39.8 Å². The summed E-state index contributed by atoms with van der Waals surface area (Å²) in [6.07, 6.45) is 2.65. The molecule has 0 fully saturated rings. The van der Waals surface area contributed by atoms with Crippen molar-refractivity contribution in [2.24, 2.45) is 0 Å². The lowest BCUT2D eigenvalue weighted by Gasteiger charge is -2.14. The summed E-state index contributed by atoms with van der Waals surface area (Å²) in [6.45, 7) is 4.30. The second kappa shape index (κ2) is 7.13. The summed E-state index contributed by atoms with van der Waals surface area (Å²) in [5, 5.41) is 7.27. The van der Waals surface area contributed by atoms with Gasteiger partial charge in [-0.15, -0.1) is 0 Å². The zero-order chi connectivity index (χ0) is 16.9. The second-order valence-electron chi connectivity index (χ2n) is 5.75. The first kappa shape index (κ1) is 16.0. The number of carbonyl (C=O) groups is 1. The second-order valence-corrected chi connectivity index (χ2v) is 5.75. The molecule has 3 aromatic rings. The van der Waals surface area contributed by atoms with Gasteiger partial charge >= 0.3 is 0 Å². The predicted octanol–water partition coefficient (Wildman–Crippen LogP) is 4.16. The summed E-state index contributed by atoms with van der Waals surface area (Å²) in [5.41, 5.74) is 4.88. The number of fused-ring (bicyclic) bond motifs is 1. The minimum Gasteiger partial charge on any atom is -0.374 e. The van der Waals surface area contributed by atoms with E-state index in [1.807, 2.05) is 55.5 Å². The number of anilines is 2. The summed E-state index contributed by atoms with van der Waals surface area (Å²) in [7, 11) is 0. The fraction of sp³-hybridized carbons (Fsp3) is 0.200. The molecular weight excluding hydrogens is 298 g/mol. The third kappa shape index (κ3) is 3.38. The normalized spacial score (nSPS) is 10.6. The third-order valence-corrected chi connectivity index (χ3v) is 4.08. The molecule has 0 aliphatic carbocycles. The molecule has 0 aliphatic heterocycles. The molecule has 0 saturated carbocycles. The number of carbonyl (C=O) groups excluding carboxylic acids is 1. The van der Waals surface area contributed by atoms with Crippen molar-refractivity contribution in [1.82, 2.24) is 4.98 Å². The van der Waals surface area contributed by atoms with Crippen LogP contribution in [0.1, 0.15) is 18.1 Å². The van der Waals surface area contributed by atoms with Crippen LogP contribution in [0, 0.1) is 6.92 Å². The molecule has 2 N–H and O–H groups in total. The van der Waals surface area contributed by atoms with Crippen molar-refractivity contribution < 1.29 is 4.79 Å². The number of aryl methyl sites for hydroxylation is 2. The van der Waals surface area contributed by atoms with Crippen molar-refractivity contribution in [3.05, 3.63) is 65.9 Å². The molecule has 1 heterocycles. The fourth-order valence-corrected chi connectivity index (χ4v) is 2.81. The molecule has 122 valence electrons. The summed E-state index contributed by atoms with van der Waals surface area (Å²) in [5.74, 6) is -0.0630.